The summed E-state index contributed by atoms with van der Waals surface area (Å²) in [5.41, 5.74) is 1.48. The third-order valence-corrected chi connectivity index (χ3v) is 5.58. The third kappa shape index (κ3) is 4.85. The lowest BCUT2D eigenvalue weighted by Gasteiger charge is -2.38. The Morgan fingerprint density at radius 1 is 1.33 bits per heavy atom. The molecule has 1 aromatic carbocycles. The molecule has 5 nitrogen and oxygen atoms in total. The van der Waals surface area contributed by atoms with Crippen molar-refractivity contribution >= 4 is 17.5 Å². The molecule has 0 saturated heterocycles. The summed E-state index contributed by atoms with van der Waals surface area (Å²) in [4.78, 5) is 15.1. The quantitative estimate of drug-likeness (QED) is 0.720. The summed E-state index contributed by atoms with van der Waals surface area (Å²) >= 11 is 5.92. The Balaban J connectivity index is 1.69. The second-order valence-corrected chi connectivity index (χ2v) is 7.35. The van der Waals surface area contributed by atoms with E-state index in [1.807, 2.05) is 18.2 Å². The van der Waals surface area contributed by atoms with Gasteiger partial charge in [0.05, 0.1) is 25.8 Å². The monoisotopic (exact) mass is 390 g/mol. The number of hydrogen-bond donors (Lipinski definition) is 1. The topological polar surface area (TPSA) is 54.7 Å². The van der Waals surface area contributed by atoms with Crippen LogP contribution in [-0.2, 0) is 12.4 Å². The van der Waals surface area contributed by atoms with E-state index < -0.39 is 0 Å². The molecule has 0 radical (unpaired) electrons. The Bertz CT molecular complexity index is 748. The fourth-order valence-corrected chi connectivity index (χ4v) is 4.04. The first kappa shape index (κ1) is 19.8. The molecule has 0 spiro atoms. The van der Waals surface area contributed by atoms with Crippen molar-refractivity contribution in [2.45, 2.75) is 50.2 Å². The summed E-state index contributed by atoms with van der Waals surface area (Å²) in [6, 6.07) is 9.71. The Morgan fingerprint density at radius 2 is 2.15 bits per heavy atom. The van der Waals surface area contributed by atoms with Crippen molar-refractivity contribution < 1.29 is 13.9 Å². The van der Waals surface area contributed by atoms with Gasteiger partial charge in [-0.15, -0.1) is 11.6 Å². The van der Waals surface area contributed by atoms with E-state index in [1.54, 1.807) is 25.5 Å². The average molecular weight is 391 g/mol. The van der Waals surface area contributed by atoms with Crippen molar-refractivity contribution in [3.05, 3.63) is 53.5 Å². The van der Waals surface area contributed by atoms with Crippen LogP contribution >= 0.6 is 11.6 Å². The SMILES string of the molecule is COc1cc(C(=O)NC2CCCCC2N(C)Cc2ccco2)ccc1CCl. The van der Waals surface area contributed by atoms with Crippen molar-refractivity contribution in [3.63, 3.8) is 0 Å². The van der Waals surface area contributed by atoms with E-state index in [0.717, 1.165) is 37.1 Å². The van der Waals surface area contributed by atoms with Gasteiger partial charge in [0.15, 0.2) is 0 Å². The van der Waals surface area contributed by atoms with Crippen LogP contribution in [0.1, 0.15) is 47.4 Å². The molecule has 1 saturated carbocycles. The van der Waals surface area contributed by atoms with Crippen LogP contribution in [0.15, 0.2) is 41.0 Å². The van der Waals surface area contributed by atoms with Crippen molar-refractivity contribution in [2.24, 2.45) is 0 Å². The van der Waals surface area contributed by atoms with Crippen LogP contribution in [0.4, 0.5) is 0 Å². The molecule has 2 atom stereocenters. The summed E-state index contributed by atoms with van der Waals surface area (Å²) in [7, 11) is 3.68. The van der Waals surface area contributed by atoms with Crippen LogP contribution in [0.5, 0.6) is 5.75 Å². The van der Waals surface area contributed by atoms with Gasteiger partial charge in [0.25, 0.3) is 5.91 Å². The van der Waals surface area contributed by atoms with Crippen LogP contribution < -0.4 is 10.1 Å². The lowest BCUT2D eigenvalue weighted by atomic mass is 9.89. The molecule has 146 valence electrons. The standard InChI is InChI=1S/C21H27ClN2O3/c1-24(14-17-6-5-11-27-17)19-8-4-3-7-18(19)23-21(25)15-9-10-16(13-22)20(12-15)26-2/h5-6,9-12,18-19H,3-4,7-8,13-14H2,1-2H3,(H,23,25). The minimum atomic E-state index is -0.0716. The van der Waals surface area contributed by atoms with Crippen molar-refractivity contribution in [1.82, 2.24) is 10.2 Å². The number of nitrogens with zero attached hydrogens (tertiary/aromatic N) is 1. The Hall–Kier alpha value is -1.98. The number of alkyl halides is 1. The number of amides is 1. The number of carbonyl (C=O) groups excluding carboxylic acids is 1. The maximum absolute atomic E-state index is 12.8. The van der Waals surface area contributed by atoms with Crippen molar-refractivity contribution in [2.75, 3.05) is 14.2 Å². The molecule has 1 aliphatic rings. The van der Waals surface area contributed by atoms with Gasteiger partial charge in [-0.2, -0.15) is 0 Å². The van der Waals surface area contributed by atoms with E-state index in [-0.39, 0.29) is 18.0 Å². The fourth-order valence-electron chi connectivity index (χ4n) is 3.82. The number of likely N-dealkylation sites (N-methyl/N-ethyl adjacent to an activating group) is 1. The molecule has 1 aliphatic carbocycles. The summed E-state index contributed by atoms with van der Waals surface area (Å²) < 4.78 is 10.8. The van der Waals surface area contributed by atoms with Crippen LogP contribution in [0, 0.1) is 0 Å². The molecule has 1 N–H and O–H groups in total. The number of rotatable bonds is 7. The van der Waals surface area contributed by atoms with Crippen molar-refractivity contribution in [3.8, 4) is 5.75 Å². The maximum atomic E-state index is 12.8. The summed E-state index contributed by atoms with van der Waals surface area (Å²) in [6.45, 7) is 0.738. The van der Waals surface area contributed by atoms with E-state index in [1.165, 1.54) is 6.42 Å². The number of halogens is 1. The number of nitrogens with one attached hydrogen (secondary N) is 1. The molecule has 3 rings (SSSR count). The molecular weight excluding hydrogens is 364 g/mol. The van der Waals surface area contributed by atoms with E-state index >= 15 is 0 Å². The first-order chi connectivity index (χ1) is 13.1. The zero-order chi connectivity index (χ0) is 19.2. The molecule has 0 aliphatic heterocycles. The molecule has 2 aromatic rings. The molecule has 2 unspecified atom stereocenters. The largest absolute Gasteiger partial charge is 0.496 e. The first-order valence-corrected chi connectivity index (χ1v) is 9.92. The second-order valence-electron chi connectivity index (χ2n) is 7.09. The first-order valence-electron chi connectivity index (χ1n) is 9.38. The van der Waals surface area contributed by atoms with Crippen LogP contribution in [0.25, 0.3) is 0 Å². The van der Waals surface area contributed by atoms with E-state index in [9.17, 15) is 4.79 Å². The lowest BCUT2D eigenvalue weighted by molar-refractivity contribution is 0.0850. The molecule has 1 aromatic heterocycles. The number of ether oxygens (including phenoxy) is 1. The van der Waals surface area contributed by atoms with Gasteiger partial charge in [-0.3, -0.25) is 9.69 Å². The van der Waals surface area contributed by atoms with E-state index in [0.29, 0.717) is 17.2 Å². The smallest absolute Gasteiger partial charge is 0.251 e. The minimum absolute atomic E-state index is 0.0716. The maximum Gasteiger partial charge on any atom is 0.251 e. The molecular formula is C21H27ClN2O3. The molecule has 27 heavy (non-hydrogen) atoms. The Labute approximate surface area is 165 Å². The summed E-state index contributed by atoms with van der Waals surface area (Å²) in [5, 5.41) is 3.23. The summed E-state index contributed by atoms with van der Waals surface area (Å²) in [6.07, 6.45) is 6.05. The van der Waals surface area contributed by atoms with Gasteiger partial charge in [-0.1, -0.05) is 18.9 Å². The van der Waals surface area contributed by atoms with Crippen LogP contribution in [0.3, 0.4) is 0 Å². The average Bonchev–Trinajstić information content (AvgIpc) is 3.20. The van der Waals surface area contributed by atoms with Gasteiger partial charge < -0.3 is 14.5 Å². The number of benzene rings is 1. The molecule has 1 heterocycles. The lowest BCUT2D eigenvalue weighted by Crippen LogP contribution is -2.51. The van der Waals surface area contributed by atoms with Crippen LogP contribution in [0.2, 0.25) is 0 Å². The predicted octanol–water partition coefficient (Wildman–Crippen LogP) is 4.20. The number of hydrogen-bond acceptors (Lipinski definition) is 4. The Kier molecular flexibility index (Phi) is 6.80. The Morgan fingerprint density at radius 3 is 2.85 bits per heavy atom. The molecule has 1 amide bonds. The molecule has 1 fully saturated rings. The van der Waals surface area contributed by atoms with Gasteiger partial charge in [-0.05, 0) is 44.2 Å². The highest BCUT2D eigenvalue weighted by atomic mass is 35.5. The third-order valence-electron chi connectivity index (χ3n) is 5.29. The van der Waals surface area contributed by atoms with Gasteiger partial charge in [0, 0.05) is 23.2 Å². The zero-order valence-corrected chi connectivity index (χ0v) is 16.7. The highest BCUT2D eigenvalue weighted by Crippen LogP contribution is 2.25. The number of methoxy groups -OCH3 is 1. The predicted molar refractivity (Wildman–Crippen MR) is 106 cm³/mol. The highest BCUT2D eigenvalue weighted by Gasteiger charge is 2.30. The highest BCUT2D eigenvalue weighted by molar-refractivity contribution is 6.17. The van der Waals surface area contributed by atoms with Crippen LogP contribution in [-0.4, -0.2) is 37.0 Å². The minimum Gasteiger partial charge on any atom is -0.496 e. The van der Waals surface area contributed by atoms with Gasteiger partial charge in [0.2, 0.25) is 0 Å². The van der Waals surface area contributed by atoms with Gasteiger partial charge >= 0.3 is 0 Å². The number of furan rings is 1. The van der Waals surface area contributed by atoms with Gasteiger partial charge in [-0.25, -0.2) is 0 Å². The van der Waals surface area contributed by atoms with E-state index in [2.05, 4.69) is 17.3 Å². The van der Waals surface area contributed by atoms with Gasteiger partial charge in [0.1, 0.15) is 11.5 Å². The normalized spacial score (nSPS) is 19.9. The number of carbonyl (C=O) groups is 1. The van der Waals surface area contributed by atoms with E-state index in [4.69, 9.17) is 20.8 Å². The summed E-state index contributed by atoms with van der Waals surface area (Å²) in [5.74, 6) is 1.87. The molecule has 0 bridgehead atoms. The zero-order valence-electron chi connectivity index (χ0n) is 15.9. The van der Waals surface area contributed by atoms with Crippen molar-refractivity contribution in [1.29, 1.82) is 0 Å². The molecule has 6 heteroatoms. The fraction of sp³-hybridized carbons (Fsp3) is 0.476. The second kappa shape index (κ2) is 9.29.